The first-order chi connectivity index (χ1) is 9.58. The van der Waals surface area contributed by atoms with E-state index in [1.54, 1.807) is 11.9 Å². The Morgan fingerprint density at radius 2 is 2.00 bits per heavy atom. The number of amides is 2. The highest BCUT2D eigenvalue weighted by Gasteiger charge is 2.28. The molecule has 1 aliphatic rings. The monoisotopic (exact) mass is 274 g/mol. The third kappa shape index (κ3) is 3.59. The van der Waals surface area contributed by atoms with Gasteiger partial charge in [-0.3, -0.25) is 9.59 Å². The molecule has 1 fully saturated rings. The van der Waals surface area contributed by atoms with Crippen LogP contribution in [0.15, 0.2) is 24.3 Å². The van der Waals surface area contributed by atoms with E-state index in [2.05, 4.69) is 5.32 Å². The van der Waals surface area contributed by atoms with Crippen LogP contribution < -0.4 is 5.32 Å². The Labute approximate surface area is 120 Å². The van der Waals surface area contributed by atoms with Crippen LogP contribution in [0.1, 0.15) is 36.8 Å². The normalized spacial score (nSPS) is 19.6. The van der Waals surface area contributed by atoms with Crippen molar-refractivity contribution >= 4 is 11.8 Å². The number of likely N-dealkylation sites (tertiary alicyclic amines) is 1. The van der Waals surface area contributed by atoms with Crippen LogP contribution in [0.3, 0.4) is 0 Å². The van der Waals surface area contributed by atoms with Crippen molar-refractivity contribution in [3.63, 3.8) is 0 Å². The highest BCUT2D eigenvalue weighted by atomic mass is 16.2. The highest BCUT2D eigenvalue weighted by molar-refractivity contribution is 5.87. The van der Waals surface area contributed by atoms with Crippen molar-refractivity contribution in [1.82, 2.24) is 10.2 Å². The third-order valence-electron chi connectivity index (χ3n) is 3.87. The van der Waals surface area contributed by atoms with Crippen LogP contribution in [0.5, 0.6) is 0 Å². The van der Waals surface area contributed by atoms with Gasteiger partial charge in [0.05, 0.1) is 0 Å². The number of nitrogens with one attached hydrogen (secondary N) is 1. The second kappa shape index (κ2) is 6.55. The quantitative estimate of drug-likeness (QED) is 0.916. The maximum Gasteiger partial charge on any atom is 0.243 e. The number of carbonyl (C=O) groups excluding carboxylic acids is 2. The van der Waals surface area contributed by atoms with Crippen LogP contribution in [0.2, 0.25) is 0 Å². The van der Waals surface area contributed by atoms with E-state index >= 15 is 0 Å². The lowest BCUT2D eigenvalue weighted by Gasteiger charge is -2.25. The molecular weight excluding hydrogens is 252 g/mol. The number of benzene rings is 1. The fraction of sp³-hybridized carbons (Fsp3) is 0.500. The molecule has 1 aliphatic heterocycles. The summed E-state index contributed by atoms with van der Waals surface area (Å²) in [5, 5.41) is 2.93. The molecule has 2 amide bonds. The summed E-state index contributed by atoms with van der Waals surface area (Å²) in [6.07, 6.45) is 3.11. The Bertz CT molecular complexity index is 482. The Kier molecular flexibility index (Phi) is 4.77. The van der Waals surface area contributed by atoms with Gasteiger partial charge in [-0.05, 0) is 25.3 Å². The topological polar surface area (TPSA) is 49.4 Å². The lowest BCUT2D eigenvalue weighted by Crippen LogP contribution is -2.46. The first-order valence-electron chi connectivity index (χ1n) is 7.17. The van der Waals surface area contributed by atoms with Gasteiger partial charge in [-0.25, -0.2) is 0 Å². The largest absolute Gasteiger partial charge is 0.350 e. The molecule has 108 valence electrons. The lowest BCUT2D eigenvalue weighted by molar-refractivity contribution is -0.138. The Morgan fingerprint density at radius 3 is 2.70 bits per heavy atom. The van der Waals surface area contributed by atoms with E-state index in [9.17, 15) is 9.59 Å². The molecule has 4 heteroatoms. The van der Waals surface area contributed by atoms with Crippen molar-refractivity contribution in [3.8, 4) is 0 Å². The minimum Gasteiger partial charge on any atom is -0.350 e. The van der Waals surface area contributed by atoms with Crippen LogP contribution >= 0.6 is 0 Å². The molecule has 2 rings (SSSR count). The molecule has 1 heterocycles. The molecule has 0 spiro atoms. The second-order valence-electron chi connectivity index (χ2n) is 5.47. The summed E-state index contributed by atoms with van der Waals surface area (Å²) in [4.78, 5) is 25.6. The summed E-state index contributed by atoms with van der Waals surface area (Å²) in [6.45, 7) is 2.55. The van der Waals surface area contributed by atoms with E-state index in [0.29, 0.717) is 13.0 Å². The maximum absolute atomic E-state index is 12.2. The number of aryl methyl sites for hydroxylation is 1. The number of carbonyl (C=O) groups is 2. The molecular formula is C16H22N2O2. The Morgan fingerprint density at radius 1 is 1.30 bits per heavy atom. The fourth-order valence-electron chi connectivity index (χ4n) is 2.48. The zero-order valence-corrected chi connectivity index (χ0v) is 12.2. The average Bonchev–Trinajstić information content (AvgIpc) is 2.61. The Hall–Kier alpha value is -1.84. The Balaban J connectivity index is 1.93. The van der Waals surface area contributed by atoms with Crippen LogP contribution in [0.25, 0.3) is 0 Å². The van der Waals surface area contributed by atoms with Crippen molar-refractivity contribution in [1.29, 1.82) is 0 Å². The van der Waals surface area contributed by atoms with Gasteiger partial charge in [0.2, 0.25) is 11.8 Å². The van der Waals surface area contributed by atoms with Crippen LogP contribution in [0, 0.1) is 6.92 Å². The predicted octanol–water partition coefficient (Wildman–Crippen LogP) is 2.01. The second-order valence-corrected chi connectivity index (χ2v) is 5.47. The van der Waals surface area contributed by atoms with E-state index in [-0.39, 0.29) is 17.9 Å². The highest BCUT2D eigenvalue weighted by Crippen LogP contribution is 2.16. The molecule has 1 aromatic rings. The van der Waals surface area contributed by atoms with Gasteiger partial charge < -0.3 is 10.2 Å². The fourth-order valence-corrected chi connectivity index (χ4v) is 2.48. The van der Waals surface area contributed by atoms with Gasteiger partial charge in [0.25, 0.3) is 0 Å². The zero-order valence-electron chi connectivity index (χ0n) is 12.2. The summed E-state index contributed by atoms with van der Waals surface area (Å²) < 4.78 is 0. The van der Waals surface area contributed by atoms with Crippen molar-refractivity contribution in [2.75, 3.05) is 7.05 Å². The van der Waals surface area contributed by atoms with Gasteiger partial charge in [-0.15, -0.1) is 0 Å². The van der Waals surface area contributed by atoms with Gasteiger partial charge in [-0.2, -0.15) is 0 Å². The number of hydrogen-bond acceptors (Lipinski definition) is 2. The molecule has 0 aliphatic carbocycles. The van der Waals surface area contributed by atoms with Crippen molar-refractivity contribution in [2.24, 2.45) is 0 Å². The summed E-state index contributed by atoms with van der Waals surface area (Å²) >= 11 is 0. The zero-order chi connectivity index (χ0) is 14.5. The molecule has 0 radical (unpaired) electrons. The minimum absolute atomic E-state index is 0.0525. The summed E-state index contributed by atoms with van der Waals surface area (Å²) in [5.41, 5.74) is 2.28. The van der Waals surface area contributed by atoms with Crippen LogP contribution in [0.4, 0.5) is 0 Å². The van der Waals surface area contributed by atoms with E-state index in [0.717, 1.165) is 24.8 Å². The molecule has 0 saturated carbocycles. The molecule has 1 atom stereocenters. The van der Waals surface area contributed by atoms with Crippen LogP contribution in [-0.2, 0) is 16.1 Å². The molecule has 1 aromatic carbocycles. The summed E-state index contributed by atoms with van der Waals surface area (Å²) in [6, 6.07) is 7.76. The van der Waals surface area contributed by atoms with E-state index in [1.807, 2.05) is 31.2 Å². The number of likely N-dealkylation sites (N-methyl/N-ethyl adjacent to an activating group) is 1. The minimum atomic E-state index is -0.324. The van der Waals surface area contributed by atoms with Crippen molar-refractivity contribution in [2.45, 2.75) is 45.2 Å². The molecule has 1 saturated heterocycles. The standard InChI is InChI=1S/C16H22N2O2/c1-12-7-9-13(10-8-12)11-17-16(20)14-5-3-4-6-15(19)18(14)2/h7-10,14H,3-6,11H2,1-2H3,(H,17,20). The van der Waals surface area contributed by atoms with E-state index in [4.69, 9.17) is 0 Å². The van der Waals surface area contributed by atoms with Gasteiger partial charge in [-0.1, -0.05) is 36.2 Å². The summed E-state index contributed by atoms with van der Waals surface area (Å²) in [5.74, 6) is 0.0151. The van der Waals surface area contributed by atoms with Crippen molar-refractivity contribution in [3.05, 3.63) is 35.4 Å². The molecule has 20 heavy (non-hydrogen) atoms. The smallest absolute Gasteiger partial charge is 0.243 e. The predicted molar refractivity (Wildman–Crippen MR) is 78.1 cm³/mol. The van der Waals surface area contributed by atoms with E-state index in [1.165, 1.54) is 5.56 Å². The first-order valence-corrected chi connectivity index (χ1v) is 7.17. The molecule has 4 nitrogen and oxygen atoms in total. The number of hydrogen-bond donors (Lipinski definition) is 1. The van der Waals surface area contributed by atoms with Crippen LogP contribution in [-0.4, -0.2) is 29.8 Å². The molecule has 0 bridgehead atoms. The SMILES string of the molecule is Cc1ccc(CNC(=O)C2CCCCC(=O)N2C)cc1. The number of nitrogens with zero attached hydrogens (tertiary/aromatic N) is 1. The van der Waals surface area contributed by atoms with Gasteiger partial charge in [0, 0.05) is 20.0 Å². The molecule has 1 N–H and O–H groups in total. The first kappa shape index (κ1) is 14.6. The molecule has 1 unspecified atom stereocenters. The van der Waals surface area contributed by atoms with E-state index < -0.39 is 0 Å². The lowest BCUT2D eigenvalue weighted by atomic mass is 10.1. The average molecular weight is 274 g/mol. The van der Waals surface area contributed by atoms with Gasteiger partial charge in [0.1, 0.15) is 6.04 Å². The number of rotatable bonds is 3. The maximum atomic E-state index is 12.2. The summed E-state index contributed by atoms with van der Waals surface area (Å²) in [7, 11) is 1.73. The van der Waals surface area contributed by atoms with Gasteiger partial charge >= 0.3 is 0 Å². The van der Waals surface area contributed by atoms with Crippen molar-refractivity contribution < 1.29 is 9.59 Å². The third-order valence-corrected chi connectivity index (χ3v) is 3.87. The van der Waals surface area contributed by atoms with Gasteiger partial charge in [0.15, 0.2) is 0 Å². The molecule has 0 aromatic heterocycles.